The molecular formula is C35H30N2O6. The number of carbonyl (C=O) groups excluding carboxylic acids is 2. The van der Waals surface area contributed by atoms with E-state index in [1.165, 1.54) is 6.92 Å². The van der Waals surface area contributed by atoms with E-state index >= 15 is 0 Å². The van der Waals surface area contributed by atoms with Gasteiger partial charge in [-0.05, 0) is 55.3 Å². The molecule has 0 aliphatic carbocycles. The van der Waals surface area contributed by atoms with Gasteiger partial charge in [-0.1, -0.05) is 54.6 Å². The molecule has 3 atom stereocenters. The van der Waals surface area contributed by atoms with Crippen LogP contribution in [0, 0.1) is 5.92 Å². The monoisotopic (exact) mass is 574 g/mol. The van der Waals surface area contributed by atoms with Gasteiger partial charge in [0.1, 0.15) is 24.2 Å². The Morgan fingerprint density at radius 3 is 2.67 bits per heavy atom. The van der Waals surface area contributed by atoms with Gasteiger partial charge in [-0.2, -0.15) is 0 Å². The van der Waals surface area contributed by atoms with Crippen LogP contribution >= 0.6 is 0 Å². The molecule has 6 rings (SSSR count). The molecule has 3 aromatic carbocycles. The van der Waals surface area contributed by atoms with E-state index in [0.29, 0.717) is 30.1 Å². The second-order valence-corrected chi connectivity index (χ2v) is 10.5. The van der Waals surface area contributed by atoms with E-state index in [4.69, 9.17) is 14.2 Å². The maximum absolute atomic E-state index is 13.4. The lowest BCUT2D eigenvalue weighted by Crippen LogP contribution is -2.32. The van der Waals surface area contributed by atoms with Crippen LogP contribution in [0.2, 0.25) is 0 Å². The number of esters is 1. The van der Waals surface area contributed by atoms with E-state index in [1.807, 2.05) is 48.5 Å². The van der Waals surface area contributed by atoms with Crippen molar-refractivity contribution in [1.29, 1.82) is 0 Å². The predicted molar refractivity (Wildman–Crippen MR) is 160 cm³/mol. The fourth-order valence-corrected chi connectivity index (χ4v) is 5.37. The van der Waals surface area contributed by atoms with Crippen LogP contribution in [0.15, 0.2) is 103 Å². The summed E-state index contributed by atoms with van der Waals surface area (Å²) in [5.74, 6) is -0.253. The molecule has 3 heterocycles. The third-order valence-corrected chi connectivity index (χ3v) is 7.53. The Hall–Kier alpha value is -5.08. The Labute approximate surface area is 248 Å². The molecule has 1 aliphatic heterocycles. The average Bonchev–Trinajstić information content (AvgIpc) is 3.04. The molecule has 2 aromatic heterocycles. The van der Waals surface area contributed by atoms with Crippen LogP contribution in [0.3, 0.4) is 0 Å². The maximum atomic E-state index is 13.4. The fraction of sp³-hybridized carbons (Fsp3) is 0.200. The molecule has 8 nitrogen and oxygen atoms in total. The Balaban J connectivity index is 1.27. The normalized spacial score (nSPS) is 16.5. The van der Waals surface area contributed by atoms with Gasteiger partial charge in [0, 0.05) is 40.4 Å². The minimum absolute atomic E-state index is 0.205. The standard InChI is InChI=1S/C35H30N2O6/c1-22(38)28-9-3-4-10-29(28)33(39)35(40)43-34-25(17-23-7-6-16-36-19-23)20-42-32-15-14-27(18-30(32)34)41-21-26-13-12-24-8-2-5-11-31(24)37-26/h2-16,18-19,25,33-34,39H,17,20-21H2,1H3/t25-,33-,34-/m1/s1. The Kier molecular flexibility index (Phi) is 8.11. The van der Waals surface area contributed by atoms with Crippen LogP contribution in [0.5, 0.6) is 11.5 Å². The van der Waals surface area contributed by atoms with E-state index in [2.05, 4.69) is 9.97 Å². The maximum Gasteiger partial charge on any atom is 0.340 e. The average molecular weight is 575 g/mol. The molecule has 5 aromatic rings. The number of rotatable bonds is 9. The molecule has 0 fully saturated rings. The van der Waals surface area contributed by atoms with Crippen molar-refractivity contribution in [3.8, 4) is 11.5 Å². The SMILES string of the molecule is CC(=O)c1ccccc1[C@@H](O)C(=O)O[C@H]1c2cc(OCc3ccc4ccccc4n3)ccc2OC[C@H]1Cc1cccnc1. The summed E-state index contributed by atoms with van der Waals surface area (Å²) in [6.07, 6.45) is 1.60. The second-order valence-electron chi connectivity index (χ2n) is 10.5. The number of fused-ring (bicyclic) bond motifs is 2. The highest BCUT2D eigenvalue weighted by Crippen LogP contribution is 2.42. The predicted octanol–water partition coefficient (Wildman–Crippen LogP) is 5.98. The number of Topliss-reactive ketones (excluding diaryl/α,β-unsaturated/α-hetero) is 1. The van der Waals surface area contributed by atoms with Crippen LogP contribution in [-0.4, -0.2) is 33.4 Å². The van der Waals surface area contributed by atoms with Crippen molar-refractivity contribution < 1.29 is 28.9 Å². The van der Waals surface area contributed by atoms with Crippen LogP contribution < -0.4 is 9.47 Å². The minimum atomic E-state index is -1.64. The van der Waals surface area contributed by atoms with Crippen molar-refractivity contribution in [1.82, 2.24) is 9.97 Å². The second kappa shape index (κ2) is 12.4. The van der Waals surface area contributed by atoms with Gasteiger partial charge >= 0.3 is 5.97 Å². The number of para-hydroxylation sites is 1. The summed E-state index contributed by atoms with van der Waals surface area (Å²) < 4.78 is 18.3. The van der Waals surface area contributed by atoms with Crippen molar-refractivity contribution in [2.24, 2.45) is 5.92 Å². The van der Waals surface area contributed by atoms with Crippen LogP contribution in [0.1, 0.15) is 51.9 Å². The number of carbonyl (C=O) groups is 2. The van der Waals surface area contributed by atoms with E-state index in [9.17, 15) is 14.7 Å². The zero-order valence-electron chi connectivity index (χ0n) is 23.6. The van der Waals surface area contributed by atoms with Gasteiger partial charge in [0.15, 0.2) is 11.9 Å². The first-order valence-electron chi connectivity index (χ1n) is 14.1. The summed E-state index contributed by atoms with van der Waals surface area (Å²) in [7, 11) is 0. The molecule has 1 aliphatic rings. The van der Waals surface area contributed by atoms with Crippen LogP contribution in [0.25, 0.3) is 10.9 Å². The number of aliphatic hydroxyl groups is 1. The lowest BCUT2D eigenvalue weighted by atomic mass is 9.88. The minimum Gasteiger partial charge on any atom is -0.493 e. The Morgan fingerprint density at radius 1 is 1.00 bits per heavy atom. The third kappa shape index (κ3) is 6.24. The third-order valence-electron chi connectivity index (χ3n) is 7.53. The molecule has 0 bridgehead atoms. The van der Waals surface area contributed by atoms with Gasteiger partial charge in [-0.25, -0.2) is 9.78 Å². The van der Waals surface area contributed by atoms with E-state index in [0.717, 1.165) is 22.2 Å². The number of nitrogens with zero attached hydrogens (tertiary/aromatic N) is 2. The number of aromatic nitrogens is 2. The van der Waals surface area contributed by atoms with E-state index in [-0.39, 0.29) is 29.4 Å². The molecule has 8 heteroatoms. The Bertz CT molecular complexity index is 1770. The quantitative estimate of drug-likeness (QED) is 0.169. The molecule has 0 unspecified atom stereocenters. The van der Waals surface area contributed by atoms with E-state index in [1.54, 1.807) is 54.9 Å². The molecular weight excluding hydrogens is 544 g/mol. The lowest BCUT2D eigenvalue weighted by Gasteiger charge is -2.34. The van der Waals surface area contributed by atoms with Crippen molar-refractivity contribution in [2.45, 2.75) is 32.2 Å². The summed E-state index contributed by atoms with van der Waals surface area (Å²) in [6.45, 7) is 1.93. The van der Waals surface area contributed by atoms with Crippen LogP contribution in [-0.2, 0) is 22.6 Å². The molecule has 1 N–H and O–H groups in total. The molecule has 0 spiro atoms. The largest absolute Gasteiger partial charge is 0.493 e. The highest BCUT2D eigenvalue weighted by molar-refractivity contribution is 5.97. The molecule has 0 saturated heterocycles. The Morgan fingerprint density at radius 2 is 1.84 bits per heavy atom. The molecule has 0 saturated carbocycles. The number of ether oxygens (including phenoxy) is 3. The summed E-state index contributed by atoms with van der Waals surface area (Å²) in [5.41, 5.74) is 3.72. The number of hydrogen-bond acceptors (Lipinski definition) is 8. The summed E-state index contributed by atoms with van der Waals surface area (Å²) in [6, 6.07) is 27.5. The first kappa shape index (κ1) is 28.1. The number of pyridine rings is 2. The van der Waals surface area contributed by atoms with Gasteiger partial charge < -0.3 is 19.3 Å². The van der Waals surface area contributed by atoms with Crippen LogP contribution in [0.4, 0.5) is 0 Å². The first-order valence-corrected chi connectivity index (χ1v) is 14.1. The van der Waals surface area contributed by atoms with Gasteiger partial charge in [0.2, 0.25) is 0 Å². The zero-order valence-corrected chi connectivity index (χ0v) is 23.6. The molecule has 43 heavy (non-hydrogen) atoms. The van der Waals surface area contributed by atoms with Crippen molar-refractivity contribution in [2.75, 3.05) is 6.61 Å². The van der Waals surface area contributed by atoms with E-state index < -0.39 is 18.2 Å². The van der Waals surface area contributed by atoms with Gasteiger partial charge in [-0.3, -0.25) is 9.78 Å². The molecule has 0 amide bonds. The number of aliphatic hydroxyl groups excluding tert-OH is 1. The van der Waals surface area contributed by atoms with Gasteiger partial charge in [0.05, 0.1) is 17.8 Å². The topological polar surface area (TPSA) is 108 Å². The number of ketones is 1. The summed E-state index contributed by atoms with van der Waals surface area (Å²) in [4.78, 5) is 34.5. The lowest BCUT2D eigenvalue weighted by molar-refractivity contribution is -0.164. The van der Waals surface area contributed by atoms with Crippen molar-refractivity contribution in [3.63, 3.8) is 0 Å². The summed E-state index contributed by atoms with van der Waals surface area (Å²) in [5, 5.41) is 12.1. The smallest absolute Gasteiger partial charge is 0.340 e. The van der Waals surface area contributed by atoms with Gasteiger partial charge in [0.25, 0.3) is 0 Å². The zero-order chi connectivity index (χ0) is 29.8. The van der Waals surface area contributed by atoms with Gasteiger partial charge in [-0.15, -0.1) is 0 Å². The van der Waals surface area contributed by atoms with Crippen molar-refractivity contribution >= 4 is 22.7 Å². The number of hydrogen-bond donors (Lipinski definition) is 1. The molecule has 0 radical (unpaired) electrons. The highest BCUT2D eigenvalue weighted by Gasteiger charge is 2.37. The fourth-order valence-electron chi connectivity index (χ4n) is 5.37. The number of benzene rings is 3. The van der Waals surface area contributed by atoms with Crippen molar-refractivity contribution in [3.05, 3.63) is 131 Å². The molecule has 216 valence electrons. The summed E-state index contributed by atoms with van der Waals surface area (Å²) >= 11 is 0. The highest BCUT2D eigenvalue weighted by atomic mass is 16.6. The first-order chi connectivity index (χ1) is 21.0.